The van der Waals surface area contributed by atoms with E-state index in [1.165, 1.54) is 0 Å². The number of aryl methyl sites for hydroxylation is 3. The van der Waals surface area contributed by atoms with E-state index in [-0.39, 0.29) is 11.9 Å². The number of H-pyrrole nitrogens is 1. The number of pyridine rings is 1. The van der Waals surface area contributed by atoms with Crippen molar-refractivity contribution in [2.45, 2.75) is 40.2 Å². The molecule has 124 valence electrons. The van der Waals surface area contributed by atoms with Gasteiger partial charge in [-0.1, -0.05) is 11.6 Å². The van der Waals surface area contributed by atoms with Gasteiger partial charge in [0.2, 0.25) is 0 Å². The highest BCUT2D eigenvalue weighted by Crippen LogP contribution is 2.20. The second-order valence-corrected chi connectivity index (χ2v) is 6.45. The summed E-state index contributed by atoms with van der Waals surface area (Å²) in [5.74, 6) is -0.0733. The number of carbonyl (C=O) groups is 1. The Morgan fingerprint density at radius 2 is 2.00 bits per heavy atom. The Balaban J connectivity index is 1.84. The second kappa shape index (κ2) is 6.43. The van der Waals surface area contributed by atoms with Crippen molar-refractivity contribution in [2.75, 3.05) is 0 Å². The van der Waals surface area contributed by atoms with Gasteiger partial charge in [-0.2, -0.15) is 5.10 Å². The molecular formula is C19H22N4O. The molecule has 5 heteroatoms. The molecule has 0 fully saturated rings. The molecule has 3 aromatic rings. The minimum Gasteiger partial charge on any atom is -0.349 e. The zero-order valence-electron chi connectivity index (χ0n) is 14.5. The van der Waals surface area contributed by atoms with E-state index >= 15 is 0 Å². The average molecular weight is 322 g/mol. The van der Waals surface area contributed by atoms with Crippen LogP contribution in [0.3, 0.4) is 0 Å². The fourth-order valence-corrected chi connectivity index (χ4v) is 2.91. The summed E-state index contributed by atoms with van der Waals surface area (Å²) in [6.07, 6.45) is 0.692. The molecular weight excluding hydrogens is 300 g/mol. The summed E-state index contributed by atoms with van der Waals surface area (Å²) in [6.45, 7) is 7.88. The fourth-order valence-electron chi connectivity index (χ4n) is 2.91. The number of amides is 1. The van der Waals surface area contributed by atoms with E-state index in [1.54, 1.807) is 0 Å². The molecule has 0 spiro atoms. The van der Waals surface area contributed by atoms with Crippen LogP contribution in [0.4, 0.5) is 0 Å². The molecule has 2 aromatic heterocycles. The summed E-state index contributed by atoms with van der Waals surface area (Å²) in [6, 6.07) is 9.83. The van der Waals surface area contributed by atoms with Crippen molar-refractivity contribution < 1.29 is 4.79 Å². The molecule has 2 heterocycles. The molecule has 3 rings (SSSR count). The van der Waals surface area contributed by atoms with Crippen LogP contribution in [0.15, 0.2) is 30.3 Å². The highest BCUT2D eigenvalue weighted by Gasteiger charge is 2.15. The van der Waals surface area contributed by atoms with E-state index in [0.29, 0.717) is 12.0 Å². The third kappa shape index (κ3) is 3.45. The quantitative estimate of drug-likeness (QED) is 0.774. The van der Waals surface area contributed by atoms with Crippen LogP contribution in [0.2, 0.25) is 0 Å². The second-order valence-electron chi connectivity index (χ2n) is 6.45. The smallest absolute Gasteiger partial charge is 0.252 e. The van der Waals surface area contributed by atoms with Gasteiger partial charge in [0.15, 0.2) is 0 Å². The Bertz CT molecular complexity index is 898. The minimum absolute atomic E-state index is 0.00599. The first kappa shape index (κ1) is 16.2. The molecule has 0 saturated heterocycles. The van der Waals surface area contributed by atoms with Crippen molar-refractivity contribution in [3.8, 4) is 0 Å². The van der Waals surface area contributed by atoms with E-state index in [9.17, 15) is 4.79 Å². The summed E-state index contributed by atoms with van der Waals surface area (Å²) < 4.78 is 0. The van der Waals surface area contributed by atoms with Crippen molar-refractivity contribution in [1.29, 1.82) is 0 Å². The standard InChI is InChI=1S/C19H22N4O/c1-11-5-6-18-16(7-11)17(10-13(3)20-18)19(24)21-12(2)8-15-9-14(4)22-23-15/h5-7,9-10,12H,8H2,1-4H3,(H,21,24)(H,22,23)/t12-/m0/s1. The van der Waals surface area contributed by atoms with E-state index < -0.39 is 0 Å². The van der Waals surface area contributed by atoms with Gasteiger partial charge in [-0.25, -0.2) is 0 Å². The molecule has 0 aliphatic heterocycles. The van der Waals surface area contributed by atoms with Crippen molar-refractivity contribution in [3.63, 3.8) is 0 Å². The molecule has 24 heavy (non-hydrogen) atoms. The topological polar surface area (TPSA) is 70.7 Å². The third-order valence-electron chi connectivity index (χ3n) is 3.99. The van der Waals surface area contributed by atoms with Crippen LogP contribution in [-0.2, 0) is 6.42 Å². The summed E-state index contributed by atoms with van der Waals surface area (Å²) in [5, 5.41) is 11.1. The van der Waals surface area contributed by atoms with Gasteiger partial charge in [0.05, 0.1) is 16.8 Å². The summed E-state index contributed by atoms with van der Waals surface area (Å²) >= 11 is 0. The largest absolute Gasteiger partial charge is 0.349 e. The van der Waals surface area contributed by atoms with Crippen LogP contribution in [0, 0.1) is 20.8 Å². The SMILES string of the molecule is Cc1ccc2nc(C)cc(C(=O)N[C@@H](C)Cc3cc(C)[nH]n3)c2c1. The number of nitrogens with one attached hydrogen (secondary N) is 2. The Morgan fingerprint density at radius 3 is 2.71 bits per heavy atom. The highest BCUT2D eigenvalue weighted by molar-refractivity contribution is 6.06. The van der Waals surface area contributed by atoms with Crippen molar-refractivity contribution in [2.24, 2.45) is 0 Å². The number of nitrogens with zero attached hydrogens (tertiary/aromatic N) is 2. The van der Waals surface area contributed by atoms with E-state index in [0.717, 1.165) is 33.5 Å². The Labute approximate surface area is 141 Å². The minimum atomic E-state index is -0.0733. The summed E-state index contributed by atoms with van der Waals surface area (Å²) in [7, 11) is 0. The first-order chi connectivity index (χ1) is 11.4. The van der Waals surface area contributed by atoms with Gasteiger partial charge in [-0.3, -0.25) is 14.9 Å². The monoisotopic (exact) mass is 322 g/mol. The van der Waals surface area contributed by atoms with E-state index in [1.807, 2.05) is 58.0 Å². The maximum absolute atomic E-state index is 12.8. The average Bonchev–Trinajstić information content (AvgIpc) is 2.91. The van der Waals surface area contributed by atoms with Crippen LogP contribution in [-0.4, -0.2) is 27.1 Å². The maximum atomic E-state index is 12.8. The van der Waals surface area contributed by atoms with Gasteiger partial charge in [0, 0.05) is 29.2 Å². The first-order valence-electron chi connectivity index (χ1n) is 8.12. The molecule has 0 aliphatic rings. The van der Waals surface area contributed by atoms with Crippen LogP contribution >= 0.6 is 0 Å². The number of rotatable bonds is 4. The van der Waals surface area contributed by atoms with E-state index in [2.05, 4.69) is 20.5 Å². The van der Waals surface area contributed by atoms with Crippen LogP contribution < -0.4 is 5.32 Å². The normalized spacial score (nSPS) is 12.3. The van der Waals surface area contributed by atoms with Gasteiger partial charge in [0.25, 0.3) is 5.91 Å². The Hall–Kier alpha value is -2.69. The molecule has 0 unspecified atom stereocenters. The van der Waals surface area contributed by atoms with Gasteiger partial charge in [0.1, 0.15) is 0 Å². The number of benzene rings is 1. The lowest BCUT2D eigenvalue weighted by Gasteiger charge is -2.14. The summed E-state index contributed by atoms with van der Waals surface area (Å²) in [5.41, 5.74) is 5.45. The Kier molecular flexibility index (Phi) is 4.34. The van der Waals surface area contributed by atoms with Crippen molar-refractivity contribution in [1.82, 2.24) is 20.5 Å². The lowest BCUT2D eigenvalue weighted by Crippen LogP contribution is -2.34. The zero-order valence-corrected chi connectivity index (χ0v) is 14.5. The molecule has 1 atom stereocenters. The lowest BCUT2D eigenvalue weighted by molar-refractivity contribution is 0.0941. The van der Waals surface area contributed by atoms with Crippen LogP contribution in [0.5, 0.6) is 0 Å². The summed E-state index contributed by atoms with van der Waals surface area (Å²) in [4.78, 5) is 17.3. The number of aromatic nitrogens is 3. The highest BCUT2D eigenvalue weighted by atomic mass is 16.1. The molecule has 5 nitrogen and oxygen atoms in total. The molecule has 0 radical (unpaired) electrons. The first-order valence-corrected chi connectivity index (χ1v) is 8.12. The molecule has 1 amide bonds. The third-order valence-corrected chi connectivity index (χ3v) is 3.99. The molecule has 0 saturated carbocycles. The van der Waals surface area contributed by atoms with Crippen LogP contribution in [0.1, 0.15) is 39.9 Å². The molecule has 0 aliphatic carbocycles. The number of fused-ring (bicyclic) bond motifs is 1. The van der Waals surface area contributed by atoms with E-state index in [4.69, 9.17) is 0 Å². The van der Waals surface area contributed by atoms with Crippen LogP contribution in [0.25, 0.3) is 10.9 Å². The van der Waals surface area contributed by atoms with Gasteiger partial charge in [-0.15, -0.1) is 0 Å². The molecule has 2 N–H and O–H groups in total. The maximum Gasteiger partial charge on any atom is 0.252 e. The molecule has 0 bridgehead atoms. The zero-order chi connectivity index (χ0) is 17.3. The van der Waals surface area contributed by atoms with Crippen molar-refractivity contribution in [3.05, 3.63) is 58.5 Å². The molecule has 1 aromatic carbocycles. The lowest BCUT2D eigenvalue weighted by atomic mass is 10.0. The predicted molar refractivity (Wildman–Crippen MR) is 95.2 cm³/mol. The number of hydrogen-bond donors (Lipinski definition) is 2. The number of hydrogen-bond acceptors (Lipinski definition) is 3. The number of carbonyl (C=O) groups excluding carboxylic acids is 1. The van der Waals surface area contributed by atoms with Gasteiger partial charge < -0.3 is 5.32 Å². The number of aromatic amines is 1. The van der Waals surface area contributed by atoms with Crippen molar-refractivity contribution >= 4 is 16.8 Å². The predicted octanol–water partition coefficient (Wildman–Crippen LogP) is 3.24. The Morgan fingerprint density at radius 1 is 1.21 bits per heavy atom. The van der Waals surface area contributed by atoms with Gasteiger partial charge in [-0.05, 0) is 52.0 Å². The van der Waals surface area contributed by atoms with Gasteiger partial charge >= 0.3 is 0 Å². The fraction of sp³-hybridized carbons (Fsp3) is 0.316.